The van der Waals surface area contributed by atoms with E-state index in [-0.39, 0.29) is 29.7 Å². The molecule has 0 spiro atoms. The van der Waals surface area contributed by atoms with Gasteiger partial charge in [-0.3, -0.25) is 9.59 Å². The van der Waals surface area contributed by atoms with E-state index in [2.05, 4.69) is 5.32 Å². The molecular weight excluding hydrogens is 590 g/mol. The fraction of sp³-hybridized carbons (Fsp3) is 0.310. The van der Waals surface area contributed by atoms with Crippen molar-refractivity contribution >= 4 is 50.9 Å². The van der Waals surface area contributed by atoms with Crippen molar-refractivity contribution in [2.24, 2.45) is 0 Å². The number of carbonyl (C=O) groups excluding carboxylic acids is 2. The number of amides is 2. The second kappa shape index (κ2) is 14.1. The van der Waals surface area contributed by atoms with Gasteiger partial charge in [0.15, 0.2) is 0 Å². The summed E-state index contributed by atoms with van der Waals surface area (Å²) in [5.74, 6) is -1.61. The van der Waals surface area contributed by atoms with Gasteiger partial charge in [0.05, 0.1) is 15.7 Å². The van der Waals surface area contributed by atoms with Crippen LogP contribution in [-0.2, 0) is 32.8 Å². The molecule has 41 heavy (non-hydrogen) atoms. The molecule has 12 heteroatoms. The number of benzene rings is 3. The summed E-state index contributed by atoms with van der Waals surface area (Å²) < 4.78 is 42.2. The third-order valence-corrected chi connectivity index (χ3v) is 8.73. The Hall–Kier alpha value is -3.18. The summed E-state index contributed by atoms with van der Waals surface area (Å²) in [6.07, 6.45) is 0.170. The predicted octanol–water partition coefficient (Wildman–Crippen LogP) is 4.91. The Kier molecular flexibility index (Phi) is 11.1. The maximum absolute atomic E-state index is 14.1. The van der Waals surface area contributed by atoms with Crippen molar-refractivity contribution in [3.8, 4) is 0 Å². The van der Waals surface area contributed by atoms with E-state index in [0.29, 0.717) is 10.6 Å². The number of halogens is 3. The first kappa shape index (κ1) is 32.3. The molecule has 3 aromatic carbocycles. The van der Waals surface area contributed by atoms with E-state index < -0.39 is 40.4 Å². The average Bonchev–Trinajstić information content (AvgIpc) is 2.91. The average molecular weight is 624 g/mol. The fourth-order valence-electron chi connectivity index (χ4n) is 4.09. The van der Waals surface area contributed by atoms with Crippen LogP contribution in [0.25, 0.3) is 0 Å². The molecule has 0 aliphatic carbocycles. The van der Waals surface area contributed by atoms with E-state index in [1.54, 1.807) is 18.2 Å². The van der Waals surface area contributed by atoms with Crippen LogP contribution in [0.3, 0.4) is 0 Å². The Morgan fingerprint density at radius 2 is 1.54 bits per heavy atom. The summed E-state index contributed by atoms with van der Waals surface area (Å²) in [5, 5.41) is 3.48. The highest BCUT2D eigenvalue weighted by molar-refractivity contribution is 7.90. The van der Waals surface area contributed by atoms with Crippen molar-refractivity contribution in [3.05, 3.63) is 99.8 Å². The van der Waals surface area contributed by atoms with Crippen molar-refractivity contribution in [1.29, 1.82) is 0 Å². The van der Waals surface area contributed by atoms with Crippen molar-refractivity contribution in [1.82, 2.24) is 14.5 Å². The van der Waals surface area contributed by atoms with Crippen LogP contribution < -0.4 is 9.62 Å². The molecule has 0 bridgehead atoms. The van der Waals surface area contributed by atoms with Gasteiger partial charge in [0.1, 0.15) is 18.4 Å². The molecule has 0 aliphatic rings. The van der Waals surface area contributed by atoms with Crippen LogP contribution in [0.1, 0.15) is 25.0 Å². The van der Waals surface area contributed by atoms with Crippen LogP contribution in [-0.4, -0.2) is 62.2 Å². The quantitative estimate of drug-likeness (QED) is 0.311. The van der Waals surface area contributed by atoms with Gasteiger partial charge < -0.3 is 10.2 Å². The molecule has 3 aromatic rings. The molecule has 1 N–H and O–H groups in total. The van der Waals surface area contributed by atoms with E-state index in [9.17, 15) is 22.4 Å². The Morgan fingerprint density at radius 3 is 2.10 bits per heavy atom. The molecule has 8 nitrogen and oxygen atoms in total. The summed E-state index contributed by atoms with van der Waals surface area (Å²) in [6.45, 7) is 2.91. The second-order valence-corrected chi connectivity index (χ2v) is 12.8. The highest BCUT2D eigenvalue weighted by Crippen LogP contribution is 2.26. The number of hydrogen-bond donors (Lipinski definition) is 1. The van der Waals surface area contributed by atoms with Gasteiger partial charge in [0, 0.05) is 33.1 Å². The Bertz CT molecular complexity index is 1460. The number of nitrogens with one attached hydrogen (secondary N) is 1. The first-order chi connectivity index (χ1) is 19.3. The lowest BCUT2D eigenvalue weighted by molar-refractivity contribution is -0.140. The summed E-state index contributed by atoms with van der Waals surface area (Å²) >= 11 is 12.4. The van der Waals surface area contributed by atoms with Gasteiger partial charge in [-0.2, -0.15) is 12.7 Å². The van der Waals surface area contributed by atoms with E-state index in [4.69, 9.17) is 23.2 Å². The molecule has 1 atom stereocenters. The van der Waals surface area contributed by atoms with E-state index in [0.717, 1.165) is 26.3 Å². The van der Waals surface area contributed by atoms with Crippen LogP contribution in [0, 0.1) is 5.82 Å². The van der Waals surface area contributed by atoms with Gasteiger partial charge in [-0.15, -0.1) is 0 Å². The number of anilines is 1. The number of rotatable bonds is 12. The monoisotopic (exact) mass is 622 g/mol. The summed E-state index contributed by atoms with van der Waals surface area (Å²) in [4.78, 5) is 29.0. The lowest BCUT2D eigenvalue weighted by Crippen LogP contribution is -2.55. The fourth-order valence-corrected chi connectivity index (χ4v) is 5.47. The molecule has 0 radical (unpaired) electrons. The maximum atomic E-state index is 14.1. The molecule has 0 heterocycles. The molecule has 0 aliphatic heterocycles. The highest BCUT2D eigenvalue weighted by atomic mass is 35.5. The van der Waals surface area contributed by atoms with Gasteiger partial charge in [-0.05, 0) is 61.4 Å². The molecule has 1 unspecified atom stereocenters. The Morgan fingerprint density at radius 1 is 0.902 bits per heavy atom. The minimum atomic E-state index is -4.18. The highest BCUT2D eigenvalue weighted by Gasteiger charge is 2.35. The molecule has 0 saturated carbocycles. The lowest BCUT2D eigenvalue weighted by Gasteiger charge is -2.34. The van der Waals surface area contributed by atoms with Gasteiger partial charge >= 0.3 is 10.2 Å². The SMILES string of the molecule is CC(C)NC(=O)C(Cc1ccccc1)N(Cc1ccc(Cl)c(Cl)c1)C(=O)CN(c1ccc(F)cc1)S(=O)(=O)N(C)C. The number of carbonyl (C=O) groups is 2. The molecule has 3 rings (SSSR count). The third kappa shape index (κ3) is 8.65. The molecule has 0 saturated heterocycles. The normalized spacial score (nSPS) is 12.3. The second-order valence-electron chi connectivity index (χ2n) is 9.91. The minimum Gasteiger partial charge on any atom is -0.352 e. The van der Waals surface area contributed by atoms with E-state index in [1.165, 1.54) is 31.1 Å². The van der Waals surface area contributed by atoms with Gasteiger partial charge in [0.25, 0.3) is 0 Å². The number of nitrogens with zero attached hydrogens (tertiary/aromatic N) is 3. The lowest BCUT2D eigenvalue weighted by atomic mass is 10.0. The molecule has 2 amide bonds. The van der Waals surface area contributed by atoms with Crippen molar-refractivity contribution in [3.63, 3.8) is 0 Å². The topological polar surface area (TPSA) is 90.0 Å². The first-order valence-electron chi connectivity index (χ1n) is 12.8. The van der Waals surface area contributed by atoms with Crippen LogP contribution in [0.2, 0.25) is 10.0 Å². The largest absolute Gasteiger partial charge is 0.352 e. The van der Waals surface area contributed by atoms with Crippen LogP contribution in [0.5, 0.6) is 0 Å². The van der Waals surface area contributed by atoms with Crippen molar-refractivity contribution in [2.75, 3.05) is 24.9 Å². The summed E-state index contributed by atoms with van der Waals surface area (Å²) in [7, 11) is -1.52. The zero-order valence-electron chi connectivity index (χ0n) is 23.2. The minimum absolute atomic E-state index is 0.0575. The summed E-state index contributed by atoms with van der Waals surface area (Å²) in [6, 6.07) is 17.6. The molecule has 0 aromatic heterocycles. The summed E-state index contributed by atoms with van der Waals surface area (Å²) in [5.41, 5.74) is 1.49. The maximum Gasteiger partial charge on any atom is 0.304 e. The van der Waals surface area contributed by atoms with E-state index in [1.807, 2.05) is 44.2 Å². The number of hydrogen-bond acceptors (Lipinski definition) is 4. The van der Waals surface area contributed by atoms with Crippen LogP contribution >= 0.6 is 23.2 Å². The van der Waals surface area contributed by atoms with Crippen molar-refractivity contribution in [2.45, 2.75) is 38.9 Å². The first-order valence-corrected chi connectivity index (χ1v) is 15.0. The molecule has 220 valence electrons. The van der Waals surface area contributed by atoms with Crippen LogP contribution in [0.4, 0.5) is 10.1 Å². The zero-order valence-corrected chi connectivity index (χ0v) is 25.5. The Labute approximate surface area is 250 Å². The molecule has 0 fully saturated rings. The Balaban J connectivity index is 2.11. The van der Waals surface area contributed by atoms with Crippen LogP contribution in [0.15, 0.2) is 72.8 Å². The predicted molar refractivity (Wildman–Crippen MR) is 161 cm³/mol. The van der Waals surface area contributed by atoms with Crippen molar-refractivity contribution < 1.29 is 22.4 Å². The standard InChI is InChI=1S/C29H33Cl2FN4O4S/c1-20(2)33-29(38)27(17-21-8-6-5-7-9-21)35(18-22-10-15-25(30)26(31)16-22)28(37)19-36(41(39,40)34(3)4)24-13-11-23(32)12-14-24/h5-16,20,27H,17-19H2,1-4H3,(H,33,38). The zero-order chi connectivity index (χ0) is 30.3. The van der Waals surface area contributed by atoms with Gasteiger partial charge in [-0.1, -0.05) is 59.6 Å². The third-order valence-electron chi connectivity index (χ3n) is 6.17. The van der Waals surface area contributed by atoms with E-state index >= 15 is 0 Å². The molecular formula is C29H33Cl2FN4O4S. The van der Waals surface area contributed by atoms with Gasteiger partial charge in [-0.25, -0.2) is 8.70 Å². The smallest absolute Gasteiger partial charge is 0.304 e. The van der Waals surface area contributed by atoms with Gasteiger partial charge in [0.2, 0.25) is 11.8 Å².